The third-order valence-corrected chi connectivity index (χ3v) is 3.03. The van der Waals surface area contributed by atoms with E-state index >= 15 is 0 Å². The number of aliphatic hydroxyl groups is 1. The summed E-state index contributed by atoms with van der Waals surface area (Å²) in [5, 5.41) is 8.76. The summed E-state index contributed by atoms with van der Waals surface area (Å²) in [6.07, 6.45) is 1.06. The predicted molar refractivity (Wildman–Crippen MR) is 59.3 cm³/mol. The molecule has 0 aliphatic heterocycles. The molecule has 0 radical (unpaired) electrons. The SMILES string of the molecule is CC[N+](C)(CC)CCCOC(C)CO. The van der Waals surface area contributed by atoms with Gasteiger partial charge in [0, 0.05) is 6.42 Å². The summed E-state index contributed by atoms with van der Waals surface area (Å²) in [6.45, 7) is 10.7. The summed E-state index contributed by atoms with van der Waals surface area (Å²) in [6, 6.07) is 0. The van der Waals surface area contributed by atoms with Crippen LogP contribution in [0.3, 0.4) is 0 Å². The van der Waals surface area contributed by atoms with Crippen LogP contribution in [-0.4, -0.2) is 55.6 Å². The van der Waals surface area contributed by atoms with Gasteiger partial charge in [-0.2, -0.15) is 0 Å². The summed E-state index contributed by atoms with van der Waals surface area (Å²) in [5.41, 5.74) is 0. The molecule has 0 aromatic carbocycles. The highest BCUT2D eigenvalue weighted by molar-refractivity contribution is 4.45. The summed E-state index contributed by atoms with van der Waals surface area (Å²) in [4.78, 5) is 0. The molecule has 0 aliphatic carbocycles. The fourth-order valence-electron chi connectivity index (χ4n) is 1.32. The first-order valence-corrected chi connectivity index (χ1v) is 5.64. The number of nitrogens with zero attached hydrogens (tertiary/aromatic N) is 1. The second kappa shape index (κ2) is 7.21. The first kappa shape index (κ1) is 13.9. The number of quaternary nitrogens is 1. The van der Waals surface area contributed by atoms with Gasteiger partial charge in [-0.3, -0.25) is 0 Å². The molecule has 0 spiro atoms. The molecular weight excluding hydrogens is 178 g/mol. The highest BCUT2D eigenvalue weighted by atomic mass is 16.5. The lowest BCUT2D eigenvalue weighted by Crippen LogP contribution is -2.44. The van der Waals surface area contributed by atoms with Crippen LogP contribution < -0.4 is 0 Å². The van der Waals surface area contributed by atoms with E-state index in [1.54, 1.807) is 0 Å². The van der Waals surface area contributed by atoms with Crippen LogP contribution in [0.25, 0.3) is 0 Å². The Morgan fingerprint density at radius 1 is 1.29 bits per heavy atom. The monoisotopic (exact) mass is 204 g/mol. The predicted octanol–water partition coefficient (Wildman–Crippen LogP) is 1.26. The second-order valence-electron chi connectivity index (χ2n) is 4.19. The molecule has 0 aliphatic rings. The lowest BCUT2D eigenvalue weighted by Gasteiger charge is -2.32. The summed E-state index contributed by atoms with van der Waals surface area (Å²) < 4.78 is 6.52. The summed E-state index contributed by atoms with van der Waals surface area (Å²) in [5.74, 6) is 0. The van der Waals surface area contributed by atoms with E-state index in [4.69, 9.17) is 9.84 Å². The Kier molecular flexibility index (Phi) is 7.15. The van der Waals surface area contributed by atoms with Crippen molar-refractivity contribution in [2.75, 3.05) is 39.9 Å². The van der Waals surface area contributed by atoms with Crippen LogP contribution in [0.1, 0.15) is 27.2 Å². The summed E-state index contributed by atoms with van der Waals surface area (Å²) >= 11 is 0. The number of aliphatic hydroxyl groups excluding tert-OH is 1. The van der Waals surface area contributed by atoms with Crippen molar-refractivity contribution in [3.05, 3.63) is 0 Å². The second-order valence-corrected chi connectivity index (χ2v) is 4.19. The largest absolute Gasteiger partial charge is 0.394 e. The lowest BCUT2D eigenvalue weighted by atomic mass is 10.3. The maximum absolute atomic E-state index is 8.76. The molecule has 0 saturated heterocycles. The van der Waals surface area contributed by atoms with Crippen molar-refractivity contribution in [2.24, 2.45) is 0 Å². The number of hydrogen-bond donors (Lipinski definition) is 1. The highest BCUT2D eigenvalue weighted by Gasteiger charge is 2.15. The Bertz CT molecular complexity index is 135. The van der Waals surface area contributed by atoms with Crippen molar-refractivity contribution < 1.29 is 14.3 Å². The smallest absolute Gasteiger partial charge is 0.0806 e. The van der Waals surface area contributed by atoms with E-state index in [1.165, 1.54) is 13.1 Å². The van der Waals surface area contributed by atoms with Gasteiger partial charge < -0.3 is 14.3 Å². The quantitative estimate of drug-likeness (QED) is 0.476. The fourth-order valence-corrected chi connectivity index (χ4v) is 1.32. The van der Waals surface area contributed by atoms with E-state index in [1.807, 2.05) is 6.92 Å². The van der Waals surface area contributed by atoms with Gasteiger partial charge in [-0.15, -0.1) is 0 Å². The lowest BCUT2D eigenvalue weighted by molar-refractivity contribution is -0.906. The molecule has 3 nitrogen and oxygen atoms in total. The Labute approximate surface area is 88.3 Å². The van der Waals surface area contributed by atoms with Gasteiger partial charge in [0.2, 0.25) is 0 Å². The first-order chi connectivity index (χ1) is 6.58. The molecule has 1 N–H and O–H groups in total. The Hall–Kier alpha value is -0.120. The maximum Gasteiger partial charge on any atom is 0.0806 e. The minimum Gasteiger partial charge on any atom is -0.394 e. The molecule has 0 aromatic heterocycles. The first-order valence-electron chi connectivity index (χ1n) is 5.64. The van der Waals surface area contributed by atoms with Gasteiger partial charge in [-0.05, 0) is 20.8 Å². The number of hydrogen-bond acceptors (Lipinski definition) is 2. The molecular formula is C11H26NO2+. The van der Waals surface area contributed by atoms with Crippen LogP contribution in [0.2, 0.25) is 0 Å². The van der Waals surface area contributed by atoms with Crippen molar-refractivity contribution in [1.29, 1.82) is 0 Å². The van der Waals surface area contributed by atoms with Gasteiger partial charge in [0.25, 0.3) is 0 Å². The van der Waals surface area contributed by atoms with Crippen LogP contribution in [0, 0.1) is 0 Å². The van der Waals surface area contributed by atoms with Gasteiger partial charge in [0.05, 0.1) is 46.0 Å². The molecule has 0 amide bonds. The van der Waals surface area contributed by atoms with Crippen LogP contribution >= 0.6 is 0 Å². The fraction of sp³-hybridized carbons (Fsp3) is 1.00. The normalized spacial score (nSPS) is 14.4. The van der Waals surface area contributed by atoms with Crippen LogP contribution in [0.4, 0.5) is 0 Å². The van der Waals surface area contributed by atoms with Crippen LogP contribution in [0.15, 0.2) is 0 Å². The average molecular weight is 204 g/mol. The Morgan fingerprint density at radius 3 is 2.29 bits per heavy atom. The van der Waals surface area contributed by atoms with Crippen molar-refractivity contribution in [3.63, 3.8) is 0 Å². The molecule has 0 bridgehead atoms. The van der Waals surface area contributed by atoms with Gasteiger partial charge >= 0.3 is 0 Å². The van der Waals surface area contributed by atoms with E-state index < -0.39 is 0 Å². The maximum atomic E-state index is 8.76. The zero-order valence-electron chi connectivity index (χ0n) is 10.1. The zero-order chi connectivity index (χ0) is 11.0. The van der Waals surface area contributed by atoms with E-state index in [-0.39, 0.29) is 12.7 Å². The van der Waals surface area contributed by atoms with Crippen LogP contribution in [-0.2, 0) is 4.74 Å². The standard InChI is InChI=1S/C11H26NO2/c1-5-12(4,6-2)8-7-9-14-11(3)10-13/h11,13H,5-10H2,1-4H3/q+1. The van der Waals surface area contributed by atoms with E-state index in [0.717, 1.165) is 24.1 Å². The van der Waals surface area contributed by atoms with Crippen molar-refractivity contribution >= 4 is 0 Å². The topological polar surface area (TPSA) is 29.5 Å². The molecule has 86 valence electrons. The Morgan fingerprint density at radius 2 is 1.86 bits per heavy atom. The third kappa shape index (κ3) is 5.58. The van der Waals surface area contributed by atoms with Gasteiger partial charge in [0.1, 0.15) is 0 Å². The Balaban J connectivity index is 3.52. The van der Waals surface area contributed by atoms with Gasteiger partial charge in [0.15, 0.2) is 0 Å². The molecule has 0 rings (SSSR count). The molecule has 0 heterocycles. The van der Waals surface area contributed by atoms with Crippen molar-refractivity contribution in [3.8, 4) is 0 Å². The van der Waals surface area contributed by atoms with Gasteiger partial charge in [-0.25, -0.2) is 0 Å². The molecule has 1 atom stereocenters. The molecule has 3 heteroatoms. The van der Waals surface area contributed by atoms with Crippen LogP contribution in [0.5, 0.6) is 0 Å². The molecule has 0 saturated carbocycles. The zero-order valence-corrected chi connectivity index (χ0v) is 10.1. The highest BCUT2D eigenvalue weighted by Crippen LogP contribution is 2.03. The molecule has 0 aromatic rings. The molecule has 14 heavy (non-hydrogen) atoms. The minimum atomic E-state index is -0.0167. The minimum absolute atomic E-state index is 0.0167. The van der Waals surface area contributed by atoms with E-state index in [0.29, 0.717) is 0 Å². The summed E-state index contributed by atoms with van der Waals surface area (Å²) in [7, 11) is 2.27. The van der Waals surface area contributed by atoms with E-state index in [9.17, 15) is 0 Å². The molecule has 0 fully saturated rings. The van der Waals surface area contributed by atoms with Crippen molar-refractivity contribution in [1.82, 2.24) is 0 Å². The third-order valence-electron chi connectivity index (χ3n) is 3.03. The number of rotatable bonds is 8. The number of ether oxygens (including phenoxy) is 1. The molecule has 1 unspecified atom stereocenters. The average Bonchev–Trinajstić information content (AvgIpc) is 2.23. The van der Waals surface area contributed by atoms with Gasteiger partial charge in [-0.1, -0.05) is 0 Å². The van der Waals surface area contributed by atoms with Crippen molar-refractivity contribution in [2.45, 2.75) is 33.3 Å². The van der Waals surface area contributed by atoms with E-state index in [2.05, 4.69) is 20.9 Å².